The standard InChI is InChI=1S/C20H22ClN3O2/c21-18-8-4-3-7-15(18)14-23-19(25)16-11-17(13-22-12-16)20(26)24-9-5-1-2-6-10-24/h3-4,7-8,11-13H,1-2,5-6,9-10,14H2,(H,23,25). The normalized spacial score (nSPS) is 14.6. The van der Waals surface area contributed by atoms with Crippen LogP contribution in [0.15, 0.2) is 42.7 Å². The molecule has 3 rings (SSSR count). The van der Waals surface area contributed by atoms with E-state index < -0.39 is 0 Å². The van der Waals surface area contributed by atoms with E-state index in [2.05, 4.69) is 10.3 Å². The van der Waals surface area contributed by atoms with Crippen molar-refractivity contribution in [2.75, 3.05) is 13.1 Å². The fourth-order valence-corrected chi connectivity index (χ4v) is 3.26. The van der Waals surface area contributed by atoms with Gasteiger partial charge in [-0.1, -0.05) is 42.6 Å². The van der Waals surface area contributed by atoms with Crippen molar-refractivity contribution in [1.82, 2.24) is 15.2 Å². The second kappa shape index (κ2) is 8.81. The van der Waals surface area contributed by atoms with Gasteiger partial charge in [-0.25, -0.2) is 0 Å². The van der Waals surface area contributed by atoms with Crippen molar-refractivity contribution in [3.8, 4) is 0 Å². The highest BCUT2D eigenvalue weighted by molar-refractivity contribution is 6.31. The summed E-state index contributed by atoms with van der Waals surface area (Å²) in [5.74, 6) is -0.330. The predicted molar refractivity (Wildman–Crippen MR) is 101 cm³/mol. The number of rotatable bonds is 4. The number of carbonyl (C=O) groups is 2. The number of halogens is 1. The highest BCUT2D eigenvalue weighted by Gasteiger charge is 2.19. The number of nitrogens with one attached hydrogen (secondary N) is 1. The Labute approximate surface area is 158 Å². The van der Waals surface area contributed by atoms with Crippen LogP contribution in [0.25, 0.3) is 0 Å². The van der Waals surface area contributed by atoms with Gasteiger partial charge in [0.1, 0.15) is 0 Å². The topological polar surface area (TPSA) is 62.3 Å². The molecule has 26 heavy (non-hydrogen) atoms. The zero-order chi connectivity index (χ0) is 18.4. The maximum Gasteiger partial charge on any atom is 0.255 e. The average Bonchev–Trinajstić information content (AvgIpc) is 2.96. The lowest BCUT2D eigenvalue weighted by Gasteiger charge is -2.20. The molecule has 0 bridgehead atoms. The van der Waals surface area contributed by atoms with E-state index in [4.69, 9.17) is 11.6 Å². The Hall–Kier alpha value is -2.40. The van der Waals surface area contributed by atoms with Gasteiger partial charge in [-0.05, 0) is 30.5 Å². The third kappa shape index (κ3) is 4.61. The fourth-order valence-electron chi connectivity index (χ4n) is 3.06. The first-order chi connectivity index (χ1) is 12.6. The van der Waals surface area contributed by atoms with Crippen molar-refractivity contribution < 1.29 is 9.59 Å². The van der Waals surface area contributed by atoms with E-state index in [0.717, 1.165) is 44.3 Å². The van der Waals surface area contributed by atoms with Gasteiger partial charge >= 0.3 is 0 Å². The molecule has 0 unspecified atom stereocenters. The number of benzene rings is 1. The van der Waals surface area contributed by atoms with Gasteiger partial charge < -0.3 is 10.2 Å². The SMILES string of the molecule is O=C(NCc1ccccc1Cl)c1cncc(C(=O)N2CCCCCC2)c1. The quantitative estimate of drug-likeness (QED) is 0.891. The van der Waals surface area contributed by atoms with Crippen LogP contribution in [0.3, 0.4) is 0 Å². The number of hydrogen-bond donors (Lipinski definition) is 1. The number of amides is 2. The van der Waals surface area contributed by atoms with Crippen LogP contribution in [0.2, 0.25) is 5.02 Å². The third-order valence-corrected chi connectivity index (χ3v) is 4.91. The van der Waals surface area contributed by atoms with Gasteiger partial charge in [-0.3, -0.25) is 14.6 Å². The van der Waals surface area contributed by atoms with E-state index >= 15 is 0 Å². The van der Waals surface area contributed by atoms with Crippen molar-refractivity contribution >= 4 is 23.4 Å². The molecule has 6 heteroatoms. The number of likely N-dealkylation sites (tertiary alicyclic amines) is 1. The fraction of sp³-hybridized carbons (Fsp3) is 0.350. The van der Waals surface area contributed by atoms with Crippen LogP contribution in [-0.2, 0) is 6.54 Å². The summed E-state index contributed by atoms with van der Waals surface area (Å²) in [7, 11) is 0. The molecule has 136 valence electrons. The highest BCUT2D eigenvalue weighted by Crippen LogP contribution is 2.16. The Balaban J connectivity index is 1.67. The minimum absolute atomic E-state index is 0.0554. The molecule has 0 spiro atoms. The predicted octanol–water partition coefficient (Wildman–Crippen LogP) is 3.68. The van der Waals surface area contributed by atoms with E-state index in [9.17, 15) is 9.59 Å². The molecule has 1 aromatic carbocycles. The molecule has 1 fully saturated rings. The third-order valence-electron chi connectivity index (χ3n) is 4.54. The zero-order valence-electron chi connectivity index (χ0n) is 14.6. The Morgan fingerprint density at radius 3 is 2.46 bits per heavy atom. The van der Waals surface area contributed by atoms with Gasteiger partial charge in [-0.15, -0.1) is 0 Å². The van der Waals surface area contributed by atoms with Gasteiger partial charge in [0.15, 0.2) is 0 Å². The van der Waals surface area contributed by atoms with Crippen LogP contribution in [-0.4, -0.2) is 34.8 Å². The maximum atomic E-state index is 12.7. The van der Waals surface area contributed by atoms with Crippen LogP contribution in [0.1, 0.15) is 52.0 Å². The minimum atomic E-state index is -0.275. The lowest BCUT2D eigenvalue weighted by molar-refractivity contribution is 0.0761. The highest BCUT2D eigenvalue weighted by atomic mass is 35.5. The summed E-state index contributed by atoms with van der Waals surface area (Å²) >= 11 is 6.11. The van der Waals surface area contributed by atoms with E-state index in [-0.39, 0.29) is 11.8 Å². The molecule has 0 aliphatic carbocycles. The molecular weight excluding hydrogens is 350 g/mol. The van der Waals surface area contributed by atoms with Crippen LogP contribution >= 0.6 is 11.6 Å². The molecule has 0 atom stereocenters. The number of nitrogens with zero attached hydrogens (tertiary/aromatic N) is 2. The zero-order valence-corrected chi connectivity index (χ0v) is 15.3. The van der Waals surface area contributed by atoms with E-state index in [1.165, 1.54) is 12.4 Å². The maximum absolute atomic E-state index is 12.7. The van der Waals surface area contributed by atoms with Crippen LogP contribution < -0.4 is 5.32 Å². The Morgan fingerprint density at radius 1 is 1.04 bits per heavy atom. The van der Waals surface area contributed by atoms with Crippen molar-refractivity contribution in [2.24, 2.45) is 0 Å². The minimum Gasteiger partial charge on any atom is -0.348 e. The number of pyridine rings is 1. The smallest absolute Gasteiger partial charge is 0.255 e. The number of aromatic nitrogens is 1. The summed E-state index contributed by atoms with van der Waals surface area (Å²) in [5.41, 5.74) is 1.67. The largest absolute Gasteiger partial charge is 0.348 e. The van der Waals surface area contributed by atoms with Gasteiger partial charge in [0.25, 0.3) is 11.8 Å². The lowest BCUT2D eigenvalue weighted by atomic mass is 10.1. The second-order valence-electron chi connectivity index (χ2n) is 6.44. The monoisotopic (exact) mass is 371 g/mol. The molecule has 1 N–H and O–H groups in total. The van der Waals surface area contributed by atoms with Gasteiger partial charge in [-0.2, -0.15) is 0 Å². The summed E-state index contributed by atoms with van der Waals surface area (Å²) in [6.45, 7) is 1.85. The molecule has 1 aliphatic heterocycles. The van der Waals surface area contributed by atoms with Gasteiger partial charge in [0, 0.05) is 37.1 Å². The summed E-state index contributed by atoms with van der Waals surface area (Å²) in [6.07, 6.45) is 7.37. The van der Waals surface area contributed by atoms with Gasteiger partial charge in [0.2, 0.25) is 0 Å². The summed E-state index contributed by atoms with van der Waals surface area (Å²) in [4.78, 5) is 31.0. The Kier molecular flexibility index (Phi) is 6.23. The van der Waals surface area contributed by atoms with Crippen molar-refractivity contribution in [2.45, 2.75) is 32.2 Å². The van der Waals surface area contributed by atoms with E-state index in [1.54, 1.807) is 12.1 Å². The molecule has 1 aliphatic rings. The summed E-state index contributed by atoms with van der Waals surface area (Å²) < 4.78 is 0. The summed E-state index contributed by atoms with van der Waals surface area (Å²) in [5, 5.41) is 3.43. The van der Waals surface area contributed by atoms with Gasteiger partial charge in [0.05, 0.1) is 11.1 Å². The number of carbonyl (C=O) groups excluding carboxylic acids is 2. The first kappa shape index (κ1) is 18.4. The second-order valence-corrected chi connectivity index (χ2v) is 6.85. The molecule has 5 nitrogen and oxygen atoms in total. The molecule has 1 saturated heterocycles. The molecule has 0 saturated carbocycles. The van der Waals surface area contributed by atoms with Crippen molar-refractivity contribution in [3.63, 3.8) is 0 Å². The molecule has 1 aromatic heterocycles. The van der Waals surface area contributed by atoms with Crippen molar-refractivity contribution in [3.05, 3.63) is 64.4 Å². The van der Waals surface area contributed by atoms with Crippen molar-refractivity contribution in [1.29, 1.82) is 0 Å². The molecule has 2 heterocycles. The van der Waals surface area contributed by atoms with E-state index in [1.807, 2.05) is 23.1 Å². The lowest BCUT2D eigenvalue weighted by Crippen LogP contribution is -2.32. The van der Waals surface area contributed by atoms with Crippen LogP contribution in [0.5, 0.6) is 0 Å². The first-order valence-corrected chi connectivity index (χ1v) is 9.29. The summed E-state index contributed by atoms with van der Waals surface area (Å²) in [6, 6.07) is 8.97. The molecule has 0 radical (unpaired) electrons. The average molecular weight is 372 g/mol. The van der Waals surface area contributed by atoms with E-state index in [0.29, 0.717) is 22.7 Å². The Bertz CT molecular complexity index is 786. The molecular formula is C20H22ClN3O2. The molecule has 2 aromatic rings. The molecule has 2 amide bonds. The first-order valence-electron chi connectivity index (χ1n) is 8.91. The van der Waals surface area contributed by atoms with Crippen LogP contribution in [0.4, 0.5) is 0 Å². The van der Waals surface area contributed by atoms with Crippen LogP contribution in [0, 0.1) is 0 Å². The number of hydrogen-bond acceptors (Lipinski definition) is 3. The Morgan fingerprint density at radius 2 is 1.73 bits per heavy atom.